The molecule has 1 N–H and O–H groups in total. The van der Waals surface area contributed by atoms with Gasteiger partial charge in [0.2, 0.25) is 5.91 Å². The summed E-state index contributed by atoms with van der Waals surface area (Å²) >= 11 is 1.70. The van der Waals surface area contributed by atoms with Crippen molar-refractivity contribution in [3.05, 3.63) is 36.1 Å². The van der Waals surface area contributed by atoms with E-state index >= 15 is 0 Å². The Kier molecular flexibility index (Phi) is 3.64. The fourth-order valence-corrected chi connectivity index (χ4v) is 3.74. The van der Waals surface area contributed by atoms with Crippen LogP contribution in [0.3, 0.4) is 0 Å². The molecule has 0 spiro atoms. The molecule has 2 unspecified atom stereocenters. The van der Waals surface area contributed by atoms with E-state index in [-0.39, 0.29) is 5.91 Å². The van der Waals surface area contributed by atoms with Gasteiger partial charge in [0.1, 0.15) is 16.9 Å². The summed E-state index contributed by atoms with van der Waals surface area (Å²) in [6.45, 7) is 1.81. The number of carbonyl (C=O) groups excluding carboxylic acids is 1. The maximum Gasteiger partial charge on any atom is 0.231 e. The number of carbonyl (C=O) groups is 1. The number of fused-ring (bicyclic) bond motifs is 1. The minimum absolute atomic E-state index is 0.155. The second-order valence-electron chi connectivity index (χ2n) is 5.39. The SMILES string of the molecule is CC(C(=O)NC1(C#N)CCSC1)c1cc2ccccc2o1. The average Bonchev–Trinajstić information content (AvgIpc) is 3.13. The lowest BCUT2D eigenvalue weighted by Gasteiger charge is -2.22. The van der Waals surface area contributed by atoms with Crippen molar-refractivity contribution in [2.45, 2.75) is 24.8 Å². The molecule has 21 heavy (non-hydrogen) atoms. The molecule has 3 rings (SSSR count). The third kappa shape index (κ3) is 2.64. The second kappa shape index (κ2) is 5.45. The van der Waals surface area contributed by atoms with Crippen molar-refractivity contribution in [2.75, 3.05) is 11.5 Å². The van der Waals surface area contributed by atoms with Crippen LogP contribution in [-0.2, 0) is 4.79 Å². The third-order valence-electron chi connectivity index (χ3n) is 3.86. The summed E-state index contributed by atoms with van der Waals surface area (Å²) < 4.78 is 5.73. The number of benzene rings is 1. The molecule has 4 nitrogen and oxygen atoms in total. The van der Waals surface area contributed by atoms with Crippen LogP contribution in [0.15, 0.2) is 34.7 Å². The molecule has 1 aromatic heterocycles. The first kappa shape index (κ1) is 14.0. The number of furan rings is 1. The van der Waals surface area contributed by atoms with Crippen molar-refractivity contribution in [1.29, 1.82) is 5.26 Å². The molecule has 1 saturated heterocycles. The number of amides is 1. The van der Waals surface area contributed by atoms with E-state index in [1.165, 1.54) is 0 Å². The van der Waals surface area contributed by atoms with Gasteiger partial charge in [0, 0.05) is 11.1 Å². The molecule has 1 aliphatic heterocycles. The van der Waals surface area contributed by atoms with Crippen molar-refractivity contribution in [3.63, 3.8) is 0 Å². The summed E-state index contributed by atoms with van der Waals surface area (Å²) in [7, 11) is 0. The average molecular weight is 300 g/mol. The first-order valence-electron chi connectivity index (χ1n) is 6.93. The smallest absolute Gasteiger partial charge is 0.231 e. The first-order valence-corrected chi connectivity index (χ1v) is 8.08. The predicted molar refractivity (Wildman–Crippen MR) is 83.1 cm³/mol. The molecule has 108 valence electrons. The number of nitrogens with one attached hydrogen (secondary N) is 1. The van der Waals surface area contributed by atoms with Crippen LogP contribution >= 0.6 is 11.8 Å². The Labute approximate surface area is 127 Å². The molecular formula is C16H16N2O2S. The van der Waals surface area contributed by atoms with Crippen LogP contribution in [0, 0.1) is 11.3 Å². The van der Waals surface area contributed by atoms with Gasteiger partial charge in [-0.2, -0.15) is 17.0 Å². The highest BCUT2D eigenvalue weighted by Crippen LogP contribution is 2.29. The number of nitrogens with zero attached hydrogens (tertiary/aromatic N) is 1. The van der Waals surface area contributed by atoms with Gasteiger partial charge in [0.15, 0.2) is 0 Å². The highest BCUT2D eigenvalue weighted by molar-refractivity contribution is 7.99. The molecule has 2 heterocycles. The lowest BCUT2D eigenvalue weighted by atomic mass is 9.99. The van der Waals surface area contributed by atoms with Crippen LogP contribution < -0.4 is 5.32 Å². The quantitative estimate of drug-likeness (QED) is 0.946. The lowest BCUT2D eigenvalue weighted by molar-refractivity contribution is -0.123. The molecule has 1 amide bonds. The number of thioether (sulfide) groups is 1. The molecule has 1 fully saturated rings. The van der Waals surface area contributed by atoms with Gasteiger partial charge in [-0.25, -0.2) is 0 Å². The Bertz CT molecular complexity index is 677. The molecule has 0 bridgehead atoms. The molecule has 5 heteroatoms. The monoisotopic (exact) mass is 300 g/mol. The number of para-hydroxylation sites is 1. The van der Waals surface area contributed by atoms with Crippen molar-refractivity contribution >= 4 is 28.6 Å². The number of hydrogen-bond acceptors (Lipinski definition) is 4. The minimum atomic E-state index is -0.720. The highest BCUT2D eigenvalue weighted by Gasteiger charge is 2.37. The van der Waals surface area contributed by atoms with E-state index in [2.05, 4.69) is 11.4 Å². The van der Waals surface area contributed by atoms with Gasteiger partial charge in [0.25, 0.3) is 0 Å². The zero-order valence-electron chi connectivity index (χ0n) is 11.8. The Balaban J connectivity index is 1.79. The zero-order valence-corrected chi connectivity index (χ0v) is 12.6. The Hall–Kier alpha value is -1.93. The largest absolute Gasteiger partial charge is 0.460 e. The van der Waals surface area contributed by atoms with E-state index < -0.39 is 11.5 Å². The van der Waals surface area contributed by atoms with Crippen molar-refractivity contribution in [2.24, 2.45) is 0 Å². The second-order valence-corrected chi connectivity index (χ2v) is 6.50. The molecule has 1 aliphatic rings. The van der Waals surface area contributed by atoms with Gasteiger partial charge in [-0.3, -0.25) is 4.79 Å². The third-order valence-corrected chi connectivity index (χ3v) is 5.05. The van der Waals surface area contributed by atoms with Crippen LogP contribution in [0.1, 0.15) is 25.0 Å². The Morgan fingerprint density at radius 1 is 1.52 bits per heavy atom. The first-order chi connectivity index (χ1) is 10.1. The van der Waals surface area contributed by atoms with Gasteiger partial charge in [-0.1, -0.05) is 18.2 Å². The number of nitriles is 1. The van der Waals surface area contributed by atoms with Gasteiger partial charge >= 0.3 is 0 Å². The fourth-order valence-electron chi connectivity index (χ4n) is 2.47. The van der Waals surface area contributed by atoms with Crippen molar-refractivity contribution in [1.82, 2.24) is 5.32 Å². The van der Waals surface area contributed by atoms with Gasteiger partial charge in [0.05, 0.1) is 12.0 Å². The van der Waals surface area contributed by atoms with Gasteiger partial charge in [-0.15, -0.1) is 0 Å². The van der Waals surface area contributed by atoms with E-state index in [0.29, 0.717) is 17.9 Å². The molecule has 0 saturated carbocycles. The lowest BCUT2D eigenvalue weighted by Crippen LogP contribution is -2.48. The molecular weight excluding hydrogens is 284 g/mol. The summed E-state index contributed by atoms with van der Waals surface area (Å²) in [6.07, 6.45) is 0.701. The van der Waals surface area contributed by atoms with Crippen LogP contribution in [0.2, 0.25) is 0 Å². The molecule has 1 aromatic carbocycles. The zero-order chi connectivity index (χ0) is 14.9. The van der Waals surface area contributed by atoms with E-state index in [0.717, 1.165) is 16.7 Å². The van der Waals surface area contributed by atoms with E-state index in [9.17, 15) is 10.1 Å². The number of hydrogen-bond donors (Lipinski definition) is 1. The van der Waals surface area contributed by atoms with E-state index in [4.69, 9.17) is 4.42 Å². The predicted octanol–water partition coefficient (Wildman–Crippen LogP) is 3.05. The van der Waals surface area contributed by atoms with Gasteiger partial charge < -0.3 is 9.73 Å². The maximum absolute atomic E-state index is 12.4. The molecule has 0 radical (unpaired) electrons. The summed E-state index contributed by atoms with van der Waals surface area (Å²) in [4.78, 5) is 12.4. The fraction of sp³-hybridized carbons (Fsp3) is 0.375. The summed E-state index contributed by atoms with van der Waals surface area (Å²) in [5.41, 5.74) is 0.0562. The minimum Gasteiger partial charge on any atom is -0.460 e. The standard InChI is InChI=1S/C16H16N2O2S/c1-11(14-8-12-4-2-3-5-13(12)20-14)15(19)18-16(9-17)6-7-21-10-16/h2-5,8,11H,6-7,10H2,1H3,(H,18,19). The van der Waals surface area contributed by atoms with Crippen LogP contribution in [0.25, 0.3) is 11.0 Å². The molecule has 0 aliphatic carbocycles. The Morgan fingerprint density at radius 3 is 3.00 bits per heavy atom. The van der Waals surface area contributed by atoms with Crippen LogP contribution in [0.4, 0.5) is 0 Å². The summed E-state index contributed by atoms with van der Waals surface area (Å²) in [5.74, 6) is 1.63. The number of rotatable bonds is 3. The summed E-state index contributed by atoms with van der Waals surface area (Å²) in [6, 6.07) is 11.8. The van der Waals surface area contributed by atoms with Crippen molar-refractivity contribution < 1.29 is 9.21 Å². The van der Waals surface area contributed by atoms with Crippen LogP contribution in [-0.4, -0.2) is 23.0 Å². The van der Waals surface area contributed by atoms with E-state index in [1.54, 1.807) is 18.7 Å². The van der Waals surface area contributed by atoms with Crippen LogP contribution in [0.5, 0.6) is 0 Å². The molecule has 2 aromatic rings. The molecule has 2 atom stereocenters. The maximum atomic E-state index is 12.4. The van der Waals surface area contributed by atoms with Crippen molar-refractivity contribution in [3.8, 4) is 6.07 Å². The summed E-state index contributed by atoms with van der Waals surface area (Å²) in [5, 5.41) is 13.2. The normalized spacial score (nSPS) is 22.9. The van der Waals surface area contributed by atoms with Gasteiger partial charge in [-0.05, 0) is 31.2 Å². The van der Waals surface area contributed by atoms with E-state index in [1.807, 2.05) is 30.3 Å². The highest BCUT2D eigenvalue weighted by atomic mass is 32.2. The topological polar surface area (TPSA) is 66.0 Å². The Morgan fingerprint density at radius 2 is 2.33 bits per heavy atom.